The summed E-state index contributed by atoms with van der Waals surface area (Å²) < 4.78 is 5.14. The molecular weight excluding hydrogens is 180 g/mol. The molecule has 0 aromatic rings. The fourth-order valence-electron chi connectivity index (χ4n) is 1.43. The minimum absolute atomic E-state index is 0.109. The third kappa shape index (κ3) is 2.69. The van der Waals surface area contributed by atoms with Crippen LogP contribution in [0.5, 0.6) is 0 Å². The molecule has 1 N–H and O–H groups in total. The second kappa shape index (κ2) is 4.28. The predicted molar refractivity (Wildman–Crippen MR) is 55.1 cm³/mol. The molecule has 1 aliphatic heterocycles. The molecule has 0 radical (unpaired) electrons. The van der Waals surface area contributed by atoms with Crippen LogP contribution in [-0.4, -0.2) is 50.7 Å². The minimum atomic E-state index is -0.109. The van der Waals surface area contributed by atoms with E-state index in [1.54, 1.807) is 19.0 Å². The summed E-state index contributed by atoms with van der Waals surface area (Å²) in [6.45, 7) is 6.49. The van der Waals surface area contributed by atoms with Crippen molar-refractivity contribution in [2.45, 2.75) is 19.9 Å². The van der Waals surface area contributed by atoms with Crippen LogP contribution in [0.1, 0.15) is 13.8 Å². The second-order valence-corrected chi connectivity index (χ2v) is 4.64. The second-order valence-electron chi connectivity index (χ2n) is 4.64. The van der Waals surface area contributed by atoms with E-state index >= 15 is 0 Å². The highest BCUT2D eigenvalue weighted by atomic mass is 16.5. The highest BCUT2D eigenvalue weighted by Crippen LogP contribution is 2.25. The summed E-state index contributed by atoms with van der Waals surface area (Å²) >= 11 is 0. The predicted octanol–water partition coefficient (Wildman–Crippen LogP) is 0.0892. The SMILES string of the molecule is CC(NCC1(C)COC1)C(=O)N(C)C. The first-order valence-electron chi connectivity index (χ1n) is 4.97. The van der Waals surface area contributed by atoms with Crippen molar-refractivity contribution in [3.05, 3.63) is 0 Å². The Labute approximate surface area is 85.6 Å². The first kappa shape index (κ1) is 11.5. The summed E-state index contributed by atoms with van der Waals surface area (Å²) in [5.74, 6) is 0.119. The number of ether oxygens (including phenoxy) is 1. The Morgan fingerprint density at radius 1 is 1.57 bits per heavy atom. The zero-order chi connectivity index (χ0) is 10.8. The summed E-state index contributed by atoms with van der Waals surface area (Å²) in [7, 11) is 3.55. The van der Waals surface area contributed by atoms with Gasteiger partial charge in [0.1, 0.15) is 0 Å². The average Bonchev–Trinajstić information content (AvgIpc) is 2.09. The Hall–Kier alpha value is -0.610. The quantitative estimate of drug-likeness (QED) is 0.699. The number of amides is 1. The van der Waals surface area contributed by atoms with Gasteiger partial charge in [-0.25, -0.2) is 0 Å². The molecule has 1 rings (SSSR count). The number of carbonyl (C=O) groups is 1. The third-order valence-electron chi connectivity index (χ3n) is 2.55. The van der Waals surface area contributed by atoms with E-state index in [0.29, 0.717) is 0 Å². The number of hydrogen-bond donors (Lipinski definition) is 1. The van der Waals surface area contributed by atoms with Gasteiger partial charge in [-0.1, -0.05) is 6.92 Å². The van der Waals surface area contributed by atoms with E-state index in [4.69, 9.17) is 4.74 Å². The van der Waals surface area contributed by atoms with Gasteiger partial charge in [-0.05, 0) is 6.92 Å². The Morgan fingerprint density at radius 3 is 2.50 bits per heavy atom. The van der Waals surface area contributed by atoms with Crippen LogP contribution in [0.3, 0.4) is 0 Å². The number of rotatable bonds is 4. The maximum absolute atomic E-state index is 11.5. The first-order valence-corrected chi connectivity index (χ1v) is 4.97. The summed E-state index contributed by atoms with van der Waals surface area (Å²) in [6.07, 6.45) is 0. The topological polar surface area (TPSA) is 41.6 Å². The standard InChI is InChI=1S/C10H20N2O2/c1-8(9(13)12(3)4)11-5-10(2)6-14-7-10/h8,11H,5-7H2,1-4H3. The van der Waals surface area contributed by atoms with Crippen molar-refractivity contribution in [2.75, 3.05) is 33.9 Å². The van der Waals surface area contributed by atoms with Gasteiger partial charge >= 0.3 is 0 Å². The van der Waals surface area contributed by atoms with E-state index in [9.17, 15) is 4.79 Å². The van der Waals surface area contributed by atoms with Crippen LogP contribution in [0.15, 0.2) is 0 Å². The molecule has 0 bridgehead atoms. The summed E-state index contributed by atoms with van der Waals surface area (Å²) in [5, 5.41) is 3.23. The van der Waals surface area contributed by atoms with Crippen LogP contribution < -0.4 is 5.32 Å². The van der Waals surface area contributed by atoms with Crippen molar-refractivity contribution < 1.29 is 9.53 Å². The molecule has 1 heterocycles. The van der Waals surface area contributed by atoms with E-state index < -0.39 is 0 Å². The molecule has 0 aliphatic carbocycles. The van der Waals surface area contributed by atoms with Gasteiger partial charge in [-0.15, -0.1) is 0 Å². The van der Waals surface area contributed by atoms with Crippen molar-refractivity contribution in [3.63, 3.8) is 0 Å². The fraction of sp³-hybridized carbons (Fsp3) is 0.900. The Bertz CT molecular complexity index is 212. The molecule has 0 aromatic heterocycles. The van der Waals surface area contributed by atoms with Gasteiger partial charge in [0.25, 0.3) is 0 Å². The highest BCUT2D eigenvalue weighted by molar-refractivity contribution is 5.80. The Kier molecular flexibility index (Phi) is 3.50. The lowest BCUT2D eigenvalue weighted by molar-refractivity contribution is -0.132. The van der Waals surface area contributed by atoms with Crippen LogP contribution in [0, 0.1) is 5.41 Å². The molecule has 4 heteroatoms. The molecule has 1 unspecified atom stereocenters. The lowest BCUT2D eigenvalue weighted by atomic mass is 9.88. The fourth-order valence-corrected chi connectivity index (χ4v) is 1.43. The summed E-state index contributed by atoms with van der Waals surface area (Å²) in [6, 6.07) is -0.109. The maximum Gasteiger partial charge on any atom is 0.238 e. The number of nitrogens with one attached hydrogen (secondary N) is 1. The van der Waals surface area contributed by atoms with Gasteiger partial charge in [0.05, 0.1) is 19.3 Å². The largest absolute Gasteiger partial charge is 0.380 e. The van der Waals surface area contributed by atoms with Gasteiger partial charge in [0, 0.05) is 26.1 Å². The number of nitrogens with zero attached hydrogens (tertiary/aromatic N) is 1. The highest BCUT2D eigenvalue weighted by Gasteiger charge is 2.33. The molecule has 4 nitrogen and oxygen atoms in total. The lowest BCUT2D eigenvalue weighted by Crippen LogP contribution is -2.51. The summed E-state index contributed by atoms with van der Waals surface area (Å²) in [4.78, 5) is 13.1. The molecule has 0 saturated carbocycles. The van der Waals surface area contributed by atoms with E-state index in [0.717, 1.165) is 19.8 Å². The monoisotopic (exact) mass is 200 g/mol. The smallest absolute Gasteiger partial charge is 0.238 e. The Morgan fingerprint density at radius 2 is 2.14 bits per heavy atom. The molecule has 1 aliphatic rings. The molecule has 14 heavy (non-hydrogen) atoms. The molecule has 0 spiro atoms. The number of hydrogen-bond acceptors (Lipinski definition) is 3. The van der Waals surface area contributed by atoms with Crippen molar-refractivity contribution in [1.29, 1.82) is 0 Å². The number of likely N-dealkylation sites (N-methyl/N-ethyl adjacent to an activating group) is 1. The first-order chi connectivity index (χ1) is 6.44. The zero-order valence-electron chi connectivity index (χ0n) is 9.46. The minimum Gasteiger partial charge on any atom is -0.380 e. The van der Waals surface area contributed by atoms with Gasteiger partial charge in [0.2, 0.25) is 5.91 Å². The molecule has 1 fully saturated rings. The molecule has 0 aromatic carbocycles. The van der Waals surface area contributed by atoms with Crippen LogP contribution in [0.2, 0.25) is 0 Å². The van der Waals surface area contributed by atoms with Crippen molar-refractivity contribution >= 4 is 5.91 Å². The van der Waals surface area contributed by atoms with Crippen molar-refractivity contribution in [2.24, 2.45) is 5.41 Å². The number of carbonyl (C=O) groups excluding carboxylic acids is 1. The van der Waals surface area contributed by atoms with E-state index in [-0.39, 0.29) is 17.4 Å². The van der Waals surface area contributed by atoms with Crippen LogP contribution in [0.25, 0.3) is 0 Å². The van der Waals surface area contributed by atoms with Crippen LogP contribution in [0.4, 0.5) is 0 Å². The molecule has 1 atom stereocenters. The van der Waals surface area contributed by atoms with Gasteiger partial charge in [-0.2, -0.15) is 0 Å². The maximum atomic E-state index is 11.5. The lowest BCUT2D eigenvalue weighted by Gasteiger charge is -2.39. The van der Waals surface area contributed by atoms with Gasteiger partial charge in [-0.3, -0.25) is 4.79 Å². The zero-order valence-corrected chi connectivity index (χ0v) is 9.46. The van der Waals surface area contributed by atoms with E-state index in [2.05, 4.69) is 12.2 Å². The summed E-state index contributed by atoms with van der Waals surface area (Å²) in [5.41, 5.74) is 0.223. The van der Waals surface area contributed by atoms with E-state index in [1.165, 1.54) is 0 Å². The van der Waals surface area contributed by atoms with Crippen molar-refractivity contribution in [3.8, 4) is 0 Å². The average molecular weight is 200 g/mol. The van der Waals surface area contributed by atoms with Gasteiger partial charge < -0.3 is 15.0 Å². The molecular formula is C10H20N2O2. The molecule has 82 valence electrons. The van der Waals surface area contributed by atoms with Crippen molar-refractivity contribution in [1.82, 2.24) is 10.2 Å². The van der Waals surface area contributed by atoms with Crippen LogP contribution >= 0.6 is 0 Å². The Balaban J connectivity index is 2.27. The van der Waals surface area contributed by atoms with E-state index in [1.807, 2.05) is 6.92 Å². The van der Waals surface area contributed by atoms with Crippen LogP contribution in [-0.2, 0) is 9.53 Å². The molecule has 1 amide bonds. The normalized spacial score (nSPS) is 21.1. The van der Waals surface area contributed by atoms with Gasteiger partial charge in [0.15, 0.2) is 0 Å². The molecule has 1 saturated heterocycles. The third-order valence-corrected chi connectivity index (χ3v) is 2.55.